The third-order valence-electron chi connectivity index (χ3n) is 3.09. The van der Waals surface area contributed by atoms with Crippen LogP contribution in [0.4, 0.5) is 15.8 Å². The van der Waals surface area contributed by atoms with Crippen LogP contribution in [0.25, 0.3) is 0 Å². The van der Waals surface area contributed by atoms with Crippen LogP contribution in [0.2, 0.25) is 0 Å². The number of hydrogen-bond donors (Lipinski definition) is 2. The highest BCUT2D eigenvalue weighted by Gasteiger charge is 2.05. The van der Waals surface area contributed by atoms with E-state index >= 15 is 0 Å². The number of aryl methyl sites for hydroxylation is 1. The Morgan fingerprint density at radius 3 is 2.48 bits per heavy atom. The zero-order chi connectivity index (χ0) is 15.1. The van der Waals surface area contributed by atoms with Crippen molar-refractivity contribution in [2.45, 2.75) is 19.8 Å². The summed E-state index contributed by atoms with van der Waals surface area (Å²) in [6.07, 6.45) is 2.16. The first-order valence-electron chi connectivity index (χ1n) is 7.06. The first-order chi connectivity index (χ1) is 10.2. The van der Waals surface area contributed by atoms with Crippen molar-refractivity contribution < 1.29 is 9.18 Å². The van der Waals surface area contributed by atoms with E-state index in [0.29, 0.717) is 0 Å². The van der Waals surface area contributed by atoms with Crippen LogP contribution >= 0.6 is 0 Å². The number of anilines is 2. The van der Waals surface area contributed by atoms with E-state index in [4.69, 9.17) is 0 Å². The summed E-state index contributed by atoms with van der Waals surface area (Å²) in [5, 5.41) is 5.55. The molecule has 0 radical (unpaired) electrons. The summed E-state index contributed by atoms with van der Waals surface area (Å²) in [6.45, 7) is 2.24. The largest absolute Gasteiger partial charge is 0.376 e. The SMILES string of the molecule is CCCc1ccc(NCC(=O)Nc2ccccc2F)cc1. The lowest BCUT2D eigenvalue weighted by molar-refractivity contribution is -0.114. The molecular formula is C17H19FN2O. The Morgan fingerprint density at radius 1 is 1.10 bits per heavy atom. The van der Waals surface area contributed by atoms with Crippen LogP contribution in [0.15, 0.2) is 48.5 Å². The van der Waals surface area contributed by atoms with Crippen LogP contribution < -0.4 is 10.6 Å². The Bertz CT molecular complexity index is 596. The van der Waals surface area contributed by atoms with Crippen molar-refractivity contribution in [3.63, 3.8) is 0 Å². The Morgan fingerprint density at radius 2 is 1.81 bits per heavy atom. The number of carbonyl (C=O) groups is 1. The fraction of sp³-hybridized carbons (Fsp3) is 0.235. The molecule has 0 spiro atoms. The second-order valence-corrected chi connectivity index (χ2v) is 4.83. The van der Waals surface area contributed by atoms with E-state index in [1.165, 1.54) is 17.7 Å². The number of para-hydroxylation sites is 1. The summed E-state index contributed by atoms with van der Waals surface area (Å²) in [7, 11) is 0. The molecular weight excluding hydrogens is 267 g/mol. The summed E-state index contributed by atoms with van der Waals surface area (Å²) in [6, 6.07) is 14.1. The molecule has 0 aromatic heterocycles. The Hall–Kier alpha value is -2.36. The average Bonchev–Trinajstić information content (AvgIpc) is 2.49. The third kappa shape index (κ3) is 4.60. The predicted molar refractivity (Wildman–Crippen MR) is 84.0 cm³/mol. The van der Waals surface area contributed by atoms with Gasteiger partial charge in [0.1, 0.15) is 5.82 Å². The van der Waals surface area contributed by atoms with E-state index in [2.05, 4.69) is 17.6 Å². The normalized spacial score (nSPS) is 10.2. The summed E-state index contributed by atoms with van der Waals surface area (Å²) >= 11 is 0. The Balaban J connectivity index is 1.85. The second-order valence-electron chi connectivity index (χ2n) is 4.83. The lowest BCUT2D eigenvalue weighted by Gasteiger charge is -2.09. The molecule has 0 unspecified atom stereocenters. The highest BCUT2D eigenvalue weighted by molar-refractivity contribution is 5.93. The van der Waals surface area contributed by atoms with Gasteiger partial charge in [-0.2, -0.15) is 0 Å². The van der Waals surface area contributed by atoms with E-state index < -0.39 is 5.82 Å². The number of nitrogens with one attached hydrogen (secondary N) is 2. The highest BCUT2D eigenvalue weighted by atomic mass is 19.1. The van der Waals surface area contributed by atoms with Gasteiger partial charge in [0.15, 0.2) is 0 Å². The maximum atomic E-state index is 13.4. The minimum Gasteiger partial charge on any atom is -0.376 e. The van der Waals surface area contributed by atoms with Crippen molar-refractivity contribution in [2.24, 2.45) is 0 Å². The van der Waals surface area contributed by atoms with Gasteiger partial charge in [-0.05, 0) is 36.2 Å². The minimum atomic E-state index is -0.435. The lowest BCUT2D eigenvalue weighted by Crippen LogP contribution is -2.22. The number of carbonyl (C=O) groups excluding carboxylic acids is 1. The molecule has 0 aliphatic heterocycles. The van der Waals surface area contributed by atoms with Crippen molar-refractivity contribution >= 4 is 17.3 Å². The van der Waals surface area contributed by atoms with E-state index in [1.807, 2.05) is 24.3 Å². The molecule has 2 aromatic rings. The molecule has 0 saturated carbocycles. The minimum absolute atomic E-state index is 0.0987. The van der Waals surface area contributed by atoms with Crippen molar-refractivity contribution in [1.82, 2.24) is 0 Å². The van der Waals surface area contributed by atoms with Crippen molar-refractivity contribution in [2.75, 3.05) is 17.2 Å². The first kappa shape index (κ1) is 15.0. The van der Waals surface area contributed by atoms with Gasteiger partial charge in [0.05, 0.1) is 12.2 Å². The summed E-state index contributed by atoms with van der Waals surface area (Å²) in [5.41, 5.74) is 2.35. The zero-order valence-electron chi connectivity index (χ0n) is 12.0. The van der Waals surface area contributed by atoms with Crippen LogP contribution in [0.5, 0.6) is 0 Å². The van der Waals surface area contributed by atoms with Gasteiger partial charge in [-0.1, -0.05) is 37.6 Å². The Kier molecular flexibility index (Phi) is 5.32. The summed E-state index contributed by atoms with van der Waals surface area (Å²) < 4.78 is 13.4. The predicted octanol–water partition coefficient (Wildman–Crippen LogP) is 3.83. The molecule has 0 bridgehead atoms. The molecule has 0 atom stereocenters. The van der Waals surface area contributed by atoms with Crippen molar-refractivity contribution in [1.29, 1.82) is 0 Å². The van der Waals surface area contributed by atoms with Gasteiger partial charge in [0.2, 0.25) is 5.91 Å². The Labute approximate surface area is 124 Å². The van der Waals surface area contributed by atoms with Gasteiger partial charge < -0.3 is 10.6 Å². The van der Waals surface area contributed by atoms with E-state index in [0.717, 1.165) is 18.5 Å². The average molecular weight is 286 g/mol. The molecule has 0 aliphatic rings. The molecule has 2 aromatic carbocycles. The molecule has 21 heavy (non-hydrogen) atoms. The van der Waals surface area contributed by atoms with Gasteiger partial charge in [-0.15, -0.1) is 0 Å². The van der Waals surface area contributed by atoms with Crippen LogP contribution in [-0.2, 0) is 11.2 Å². The monoisotopic (exact) mass is 286 g/mol. The fourth-order valence-corrected chi connectivity index (χ4v) is 2.02. The maximum Gasteiger partial charge on any atom is 0.243 e. The van der Waals surface area contributed by atoms with E-state index in [1.54, 1.807) is 12.1 Å². The van der Waals surface area contributed by atoms with Crippen LogP contribution in [0, 0.1) is 5.82 Å². The maximum absolute atomic E-state index is 13.4. The van der Waals surface area contributed by atoms with Gasteiger partial charge in [0.25, 0.3) is 0 Å². The molecule has 0 saturated heterocycles. The quantitative estimate of drug-likeness (QED) is 0.847. The van der Waals surface area contributed by atoms with E-state index in [-0.39, 0.29) is 18.1 Å². The fourth-order valence-electron chi connectivity index (χ4n) is 2.02. The zero-order valence-corrected chi connectivity index (χ0v) is 12.0. The molecule has 0 heterocycles. The molecule has 0 aliphatic carbocycles. The second kappa shape index (κ2) is 7.43. The molecule has 2 N–H and O–H groups in total. The van der Waals surface area contributed by atoms with Crippen molar-refractivity contribution in [3.8, 4) is 0 Å². The molecule has 0 fully saturated rings. The number of benzene rings is 2. The number of amides is 1. The smallest absolute Gasteiger partial charge is 0.243 e. The first-order valence-corrected chi connectivity index (χ1v) is 7.06. The molecule has 110 valence electrons. The number of hydrogen-bond acceptors (Lipinski definition) is 2. The molecule has 2 rings (SSSR count). The topological polar surface area (TPSA) is 41.1 Å². The van der Waals surface area contributed by atoms with Crippen LogP contribution in [0.1, 0.15) is 18.9 Å². The summed E-state index contributed by atoms with van der Waals surface area (Å²) in [4.78, 5) is 11.8. The van der Waals surface area contributed by atoms with Crippen LogP contribution in [-0.4, -0.2) is 12.5 Å². The molecule has 4 heteroatoms. The van der Waals surface area contributed by atoms with Gasteiger partial charge >= 0.3 is 0 Å². The van der Waals surface area contributed by atoms with Gasteiger partial charge in [-0.25, -0.2) is 4.39 Å². The summed E-state index contributed by atoms with van der Waals surface area (Å²) in [5.74, 6) is -0.715. The number of halogens is 1. The van der Waals surface area contributed by atoms with Crippen LogP contribution in [0.3, 0.4) is 0 Å². The van der Waals surface area contributed by atoms with Gasteiger partial charge in [0, 0.05) is 5.69 Å². The van der Waals surface area contributed by atoms with Gasteiger partial charge in [-0.3, -0.25) is 4.79 Å². The third-order valence-corrected chi connectivity index (χ3v) is 3.09. The lowest BCUT2D eigenvalue weighted by atomic mass is 10.1. The highest BCUT2D eigenvalue weighted by Crippen LogP contribution is 2.13. The molecule has 3 nitrogen and oxygen atoms in total. The standard InChI is InChI=1S/C17H19FN2O/c1-2-5-13-8-10-14(11-9-13)19-12-17(21)20-16-7-4-3-6-15(16)18/h3-4,6-11,19H,2,5,12H2,1H3,(H,20,21). The van der Waals surface area contributed by atoms with Crippen molar-refractivity contribution in [3.05, 3.63) is 59.9 Å². The van der Waals surface area contributed by atoms with E-state index in [9.17, 15) is 9.18 Å². The molecule has 1 amide bonds. The number of rotatable bonds is 6.